The van der Waals surface area contributed by atoms with E-state index in [0.29, 0.717) is 36.0 Å². The fraction of sp³-hybridized carbons (Fsp3) is 0.795. The maximum absolute atomic E-state index is 12.8. The Morgan fingerprint density at radius 1 is 0.959 bits per heavy atom. The minimum Gasteiger partial charge on any atom is -0.463 e. The van der Waals surface area contributed by atoms with Crippen molar-refractivity contribution in [3.63, 3.8) is 0 Å². The summed E-state index contributed by atoms with van der Waals surface area (Å²) in [6.07, 6.45) is 10.4. The molecule has 5 rings (SSSR count). The zero-order valence-electron chi connectivity index (χ0n) is 30.5. The smallest absolute Gasteiger partial charge is 0.306 e. The summed E-state index contributed by atoms with van der Waals surface area (Å²) in [7, 11) is 0. The third-order valence-electron chi connectivity index (χ3n) is 12.6. The molecule has 12 atom stereocenters. The van der Waals surface area contributed by atoms with Crippen molar-refractivity contribution < 1.29 is 42.9 Å². The van der Waals surface area contributed by atoms with Crippen LogP contribution in [0.4, 0.5) is 0 Å². The highest BCUT2D eigenvalue weighted by molar-refractivity contribution is 5.74. The Balaban J connectivity index is 1.38. The summed E-state index contributed by atoms with van der Waals surface area (Å²) in [6, 6.07) is -0.961. The predicted octanol–water partition coefficient (Wildman–Crippen LogP) is 6.35. The Kier molecular flexibility index (Phi) is 12.0. The SMILES string of the molecule is C=CC1CCC2C3CC=C4CC(OC5OC(COC(=O)CCC)C(OC(=O)CCC)C(OC(C)=O)C5NC(C)=O)CCC4(C)C3CCC12C. The number of carbonyl (C=O) groups is 4. The lowest BCUT2D eigenvalue weighted by Crippen LogP contribution is -2.67. The maximum Gasteiger partial charge on any atom is 0.306 e. The van der Waals surface area contributed by atoms with Crippen molar-refractivity contribution in [3.05, 3.63) is 24.3 Å². The monoisotopic (exact) mass is 685 g/mol. The summed E-state index contributed by atoms with van der Waals surface area (Å²) in [5.74, 6) is 0.762. The van der Waals surface area contributed by atoms with E-state index in [1.165, 1.54) is 45.1 Å². The van der Waals surface area contributed by atoms with Crippen LogP contribution in [0.1, 0.15) is 119 Å². The molecule has 0 aromatic rings. The molecule has 4 fully saturated rings. The van der Waals surface area contributed by atoms with Gasteiger partial charge >= 0.3 is 17.9 Å². The topological polar surface area (TPSA) is 126 Å². The summed E-state index contributed by atoms with van der Waals surface area (Å²) in [5.41, 5.74) is 1.90. The normalized spacial score (nSPS) is 39.7. The van der Waals surface area contributed by atoms with Gasteiger partial charge in [-0.05, 0) is 98.7 Å². The van der Waals surface area contributed by atoms with E-state index in [9.17, 15) is 19.2 Å². The summed E-state index contributed by atoms with van der Waals surface area (Å²) in [4.78, 5) is 50.1. The molecule has 0 aromatic carbocycles. The van der Waals surface area contributed by atoms with E-state index in [-0.39, 0.29) is 36.9 Å². The van der Waals surface area contributed by atoms with Crippen LogP contribution in [0.2, 0.25) is 0 Å². The molecule has 10 nitrogen and oxygen atoms in total. The van der Waals surface area contributed by atoms with Crippen LogP contribution in [0.5, 0.6) is 0 Å². The number of nitrogens with one attached hydrogen (secondary N) is 1. The van der Waals surface area contributed by atoms with E-state index in [2.05, 4.69) is 37.9 Å². The Bertz CT molecular complexity index is 1280. The number of fused-ring (bicyclic) bond motifs is 5. The molecule has 10 heteroatoms. The molecular weight excluding hydrogens is 626 g/mol. The first-order chi connectivity index (χ1) is 23.3. The first-order valence-electron chi connectivity index (χ1n) is 18.8. The van der Waals surface area contributed by atoms with Gasteiger partial charge in [-0.2, -0.15) is 0 Å². The minimum atomic E-state index is -1.13. The first-order valence-corrected chi connectivity index (χ1v) is 18.8. The van der Waals surface area contributed by atoms with E-state index in [4.69, 9.17) is 23.7 Å². The molecule has 1 saturated heterocycles. The van der Waals surface area contributed by atoms with Crippen molar-refractivity contribution in [1.29, 1.82) is 0 Å². The molecule has 49 heavy (non-hydrogen) atoms. The highest BCUT2D eigenvalue weighted by Gasteiger charge is 2.59. The van der Waals surface area contributed by atoms with Crippen molar-refractivity contribution in [2.45, 2.75) is 155 Å². The van der Waals surface area contributed by atoms with E-state index >= 15 is 0 Å². The maximum atomic E-state index is 12.8. The molecule has 0 radical (unpaired) electrons. The van der Waals surface area contributed by atoms with Gasteiger partial charge < -0.3 is 29.0 Å². The Labute approximate surface area is 292 Å². The average Bonchev–Trinajstić information content (AvgIpc) is 3.39. The highest BCUT2D eigenvalue weighted by Crippen LogP contribution is 2.66. The van der Waals surface area contributed by atoms with Gasteiger partial charge in [0, 0.05) is 26.7 Å². The number of amides is 1. The number of ether oxygens (including phenoxy) is 5. The fourth-order valence-corrected chi connectivity index (χ4v) is 10.2. The summed E-state index contributed by atoms with van der Waals surface area (Å²) < 4.78 is 30.3. The van der Waals surface area contributed by atoms with Crippen LogP contribution in [-0.2, 0) is 42.9 Å². The van der Waals surface area contributed by atoms with Crippen molar-refractivity contribution in [3.8, 4) is 0 Å². The predicted molar refractivity (Wildman–Crippen MR) is 183 cm³/mol. The summed E-state index contributed by atoms with van der Waals surface area (Å²) in [5, 5.41) is 2.87. The second kappa shape index (κ2) is 15.7. The number of hydrogen-bond donors (Lipinski definition) is 1. The largest absolute Gasteiger partial charge is 0.463 e. The van der Waals surface area contributed by atoms with Crippen molar-refractivity contribution >= 4 is 23.8 Å². The first kappa shape index (κ1) is 37.5. The third kappa shape index (κ3) is 7.80. The van der Waals surface area contributed by atoms with E-state index in [0.717, 1.165) is 31.6 Å². The Morgan fingerprint density at radius 3 is 2.37 bits per heavy atom. The number of carbonyl (C=O) groups excluding carboxylic acids is 4. The van der Waals surface area contributed by atoms with Crippen LogP contribution in [0, 0.1) is 34.5 Å². The molecule has 3 saturated carbocycles. The molecule has 5 aliphatic rings. The molecule has 12 unspecified atom stereocenters. The molecule has 0 aromatic heterocycles. The summed E-state index contributed by atoms with van der Waals surface area (Å²) in [6.45, 7) is 15.3. The van der Waals surface area contributed by atoms with Crippen LogP contribution < -0.4 is 5.32 Å². The lowest BCUT2D eigenvalue weighted by Gasteiger charge is -2.58. The van der Waals surface area contributed by atoms with Gasteiger partial charge in [-0.3, -0.25) is 19.2 Å². The quantitative estimate of drug-likeness (QED) is 0.142. The Morgan fingerprint density at radius 2 is 1.69 bits per heavy atom. The van der Waals surface area contributed by atoms with Crippen LogP contribution >= 0.6 is 0 Å². The molecule has 1 heterocycles. The van der Waals surface area contributed by atoms with Crippen molar-refractivity contribution in [2.75, 3.05) is 6.61 Å². The molecule has 1 amide bonds. The van der Waals surface area contributed by atoms with Crippen molar-refractivity contribution in [1.82, 2.24) is 5.32 Å². The number of rotatable bonds is 12. The van der Waals surface area contributed by atoms with Gasteiger partial charge in [-0.15, -0.1) is 6.58 Å². The molecule has 4 aliphatic carbocycles. The van der Waals surface area contributed by atoms with Crippen molar-refractivity contribution in [2.24, 2.45) is 34.5 Å². The van der Waals surface area contributed by atoms with E-state index in [1.807, 2.05) is 13.8 Å². The van der Waals surface area contributed by atoms with Crippen LogP contribution in [-0.4, -0.2) is 67.2 Å². The number of allylic oxidation sites excluding steroid dienone is 2. The van der Waals surface area contributed by atoms with Gasteiger partial charge in [0.25, 0.3) is 0 Å². The van der Waals surface area contributed by atoms with Crippen LogP contribution in [0.15, 0.2) is 24.3 Å². The molecular formula is C39H59NO9. The van der Waals surface area contributed by atoms with Gasteiger partial charge in [-0.1, -0.05) is 45.4 Å². The average molecular weight is 686 g/mol. The van der Waals surface area contributed by atoms with Gasteiger partial charge in [0.05, 0.1) is 6.10 Å². The highest BCUT2D eigenvalue weighted by atomic mass is 16.7. The zero-order chi connectivity index (χ0) is 35.5. The van der Waals surface area contributed by atoms with Crippen LogP contribution in [0.3, 0.4) is 0 Å². The van der Waals surface area contributed by atoms with Gasteiger partial charge in [0.1, 0.15) is 18.8 Å². The third-order valence-corrected chi connectivity index (χ3v) is 12.6. The standard InChI is InChI=1S/C39H59NO9/c1-8-11-32(43)45-22-31-35(49-33(44)12-9-2)36(46-24(5)42)34(40-23(4)41)37(48-31)47-27-17-19-39(7)26(21-27)13-15-28-29-16-14-25(10-3)38(29,6)20-18-30(28)39/h10,13,25,27-31,34-37H,3,8-9,11-12,14-22H2,1-2,4-7H3,(H,40,41). The number of esters is 3. The fourth-order valence-electron chi connectivity index (χ4n) is 10.2. The van der Waals surface area contributed by atoms with Crippen LogP contribution in [0.25, 0.3) is 0 Å². The Hall–Kier alpha value is -2.72. The van der Waals surface area contributed by atoms with Gasteiger partial charge in [0.2, 0.25) is 5.91 Å². The van der Waals surface area contributed by atoms with E-state index < -0.39 is 48.6 Å². The second-order valence-corrected chi connectivity index (χ2v) is 15.7. The van der Waals surface area contributed by atoms with E-state index in [1.54, 1.807) is 0 Å². The lowest BCUT2D eigenvalue weighted by atomic mass is 9.47. The molecule has 0 bridgehead atoms. The molecule has 1 N–H and O–H groups in total. The van der Waals surface area contributed by atoms with Gasteiger partial charge in [0.15, 0.2) is 18.5 Å². The second-order valence-electron chi connectivity index (χ2n) is 15.7. The van der Waals surface area contributed by atoms with Gasteiger partial charge in [-0.25, -0.2) is 0 Å². The molecule has 274 valence electrons. The lowest BCUT2D eigenvalue weighted by molar-refractivity contribution is -0.290. The molecule has 1 aliphatic heterocycles. The number of hydrogen-bond acceptors (Lipinski definition) is 9. The summed E-state index contributed by atoms with van der Waals surface area (Å²) >= 11 is 0. The zero-order valence-corrected chi connectivity index (χ0v) is 30.5. The molecule has 0 spiro atoms. The minimum absolute atomic E-state index is 0.107.